The van der Waals surface area contributed by atoms with Crippen LogP contribution in [0.3, 0.4) is 0 Å². The quantitative estimate of drug-likeness (QED) is 0.315. The monoisotopic (exact) mass is 542 g/mol. The molecule has 5 fully saturated rings. The molecule has 3 atom stereocenters. The van der Waals surface area contributed by atoms with Crippen LogP contribution in [0.15, 0.2) is 30.7 Å². The molecule has 4 aromatic heterocycles. The van der Waals surface area contributed by atoms with Crippen molar-refractivity contribution in [3.63, 3.8) is 0 Å². The van der Waals surface area contributed by atoms with Crippen LogP contribution in [-0.4, -0.2) is 58.3 Å². The standard InChI is InChI=1S/C27H27FN10O2/c28-23-17(3-4-21(23)40-26(39)34-27-8-14(9-27)10-27)19-7-22(36-35-19)33-25-30-12-18(24-32-15(11-29)13-37(24)25)20-5-6-31-38(20)16-1-2-16/h5-7,12-14,16-17,21,23H,1-4,8-10H2,(H,34,39)(H2,30,33,35,36)/t14?,17-,21-,23+,27?/m1/s1. The van der Waals surface area contributed by atoms with Gasteiger partial charge in [0, 0.05) is 35.6 Å². The van der Waals surface area contributed by atoms with E-state index >= 15 is 4.39 Å². The van der Waals surface area contributed by atoms with Gasteiger partial charge in [-0.2, -0.15) is 15.5 Å². The molecule has 3 N–H and O–H groups in total. The van der Waals surface area contributed by atoms with Crippen LogP contribution in [0.25, 0.3) is 16.9 Å². The minimum absolute atomic E-state index is 0.102. The SMILES string of the molecule is N#Cc1cn2c(Nc3cc([C@H]4CC[C@@H](OC(=O)NC56CC(C5)C6)[C@H]4F)[nH]n3)ncc(-c3ccnn3C3CC3)c2n1. The average molecular weight is 543 g/mol. The Morgan fingerprint density at radius 3 is 2.85 bits per heavy atom. The summed E-state index contributed by atoms with van der Waals surface area (Å²) in [5.41, 5.74) is 3.01. The number of halogens is 1. The van der Waals surface area contributed by atoms with Gasteiger partial charge in [-0.3, -0.25) is 14.2 Å². The predicted molar refractivity (Wildman–Crippen MR) is 139 cm³/mol. The third kappa shape index (κ3) is 3.73. The van der Waals surface area contributed by atoms with E-state index < -0.39 is 24.3 Å². The summed E-state index contributed by atoms with van der Waals surface area (Å²) in [6, 6.07) is 6.14. The molecule has 4 heterocycles. The van der Waals surface area contributed by atoms with Crippen LogP contribution >= 0.6 is 0 Å². The molecule has 40 heavy (non-hydrogen) atoms. The number of nitrogens with one attached hydrogen (secondary N) is 3. The first kappa shape index (κ1) is 23.4. The highest BCUT2D eigenvalue weighted by molar-refractivity contribution is 5.77. The number of hydrogen-bond donors (Lipinski definition) is 3. The van der Waals surface area contributed by atoms with Gasteiger partial charge in [0.05, 0.1) is 23.5 Å². The van der Waals surface area contributed by atoms with E-state index in [-0.39, 0.29) is 11.2 Å². The van der Waals surface area contributed by atoms with Crippen molar-refractivity contribution in [1.29, 1.82) is 5.26 Å². The van der Waals surface area contributed by atoms with Crippen LogP contribution in [0.2, 0.25) is 0 Å². The van der Waals surface area contributed by atoms with Gasteiger partial charge >= 0.3 is 6.09 Å². The first-order valence-electron chi connectivity index (χ1n) is 13.8. The van der Waals surface area contributed by atoms with E-state index in [4.69, 9.17) is 4.74 Å². The van der Waals surface area contributed by atoms with Crippen LogP contribution in [-0.2, 0) is 4.74 Å². The molecule has 13 heteroatoms. The number of alkyl carbamates (subject to hydrolysis) is 1. The zero-order valence-electron chi connectivity index (χ0n) is 21.5. The topological polar surface area (TPSA) is 151 Å². The van der Waals surface area contributed by atoms with Crippen molar-refractivity contribution in [3.05, 3.63) is 42.1 Å². The van der Waals surface area contributed by atoms with Crippen LogP contribution < -0.4 is 10.6 Å². The molecule has 204 valence electrons. The molecule has 5 aliphatic rings. The van der Waals surface area contributed by atoms with Crippen molar-refractivity contribution in [1.82, 2.24) is 39.7 Å². The van der Waals surface area contributed by atoms with Gasteiger partial charge in [-0.15, -0.1) is 0 Å². The number of H-pyrrole nitrogens is 1. The number of amides is 1. The fraction of sp³-hybridized carbons (Fsp3) is 0.481. The van der Waals surface area contributed by atoms with E-state index in [1.54, 1.807) is 29.1 Å². The average Bonchev–Trinajstić information content (AvgIpc) is 3.27. The molecule has 2 bridgehead atoms. The lowest BCUT2D eigenvalue weighted by atomic mass is 9.50. The second kappa shape index (κ2) is 8.51. The number of rotatable bonds is 7. The maximum absolute atomic E-state index is 15.4. The Morgan fingerprint density at radius 1 is 1.25 bits per heavy atom. The number of carbonyl (C=O) groups is 1. The first-order chi connectivity index (χ1) is 19.5. The number of aromatic nitrogens is 7. The first-order valence-corrected chi connectivity index (χ1v) is 13.8. The Bertz CT molecular complexity index is 1660. The summed E-state index contributed by atoms with van der Waals surface area (Å²) in [6.45, 7) is 0. The molecule has 4 aromatic rings. The second-order valence-corrected chi connectivity index (χ2v) is 11.6. The molecule has 12 nitrogen and oxygen atoms in total. The maximum Gasteiger partial charge on any atom is 0.407 e. The number of fused-ring (bicyclic) bond motifs is 1. The smallest absolute Gasteiger partial charge is 0.407 e. The summed E-state index contributed by atoms with van der Waals surface area (Å²) in [5, 5.41) is 27.4. The highest BCUT2D eigenvalue weighted by Gasteiger charge is 2.58. The summed E-state index contributed by atoms with van der Waals surface area (Å²) in [7, 11) is 0. The van der Waals surface area contributed by atoms with Gasteiger partial charge in [-0.05, 0) is 56.9 Å². The molecule has 0 aromatic carbocycles. The highest BCUT2D eigenvalue weighted by Crippen LogP contribution is 2.57. The molecular weight excluding hydrogens is 515 g/mol. The zero-order valence-corrected chi connectivity index (χ0v) is 21.5. The predicted octanol–water partition coefficient (Wildman–Crippen LogP) is 4.13. The molecule has 9 rings (SSSR count). The van der Waals surface area contributed by atoms with E-state index in [2.05, 4.69) is 42.0 Å². The molecule has 0 aliphatic heterocycles. The Hall–Kier alpha value is -4.47. The lowest BCUT2D eigenvalue weighted by molar-refractivity contribution is -0.0532. The summed E-state index contributed by atoms with van der Waals surface area (Å²) < 4.78 is 24.5. The fourth-order valence-electron chi connectivity index (χ4n) is 6.53. The molecule has 0 unspecified atom stereocenters. The zero-order chi connectivity index (χ0) is 27.0. The number of nitrogens with zero attached hydrogens (tertiary/aromatic N) is 7. The number of carbonyl (C=O) groups excluding carboxylic acids is 1. The van der Waals surface area contributed by atoms with Gasteiger partial charge in [0.2, 0.25) is 5.95 Å². The molecule has 0 saturated heterocycles. The van der Waals surface area contributed by atoms with Crippen molar-refractivity contribution in [2.45, 2.75) is 74.7 Å². The van der Waals surface area contributed by atoms with Gasteiger partial charge in [0.15, 0.2) is 17.2 Å². The van der Waals surface area contributed by atoms with Gasteiger partial charge in [-0.1, -0.05) is 0 Å². The number of nitriles is 1. The fourth-order valence-corrected chi connectivity index (χ4v) is 6.53. The van der Waals surface area contributed by atoms with Crippen LogP contribution in [0, 0.1) is 17.2 Å². The lowest BCUT2D eigenvalue weighted by Crippen LogP contribution is -2.68. The third-order valence-corrected chi connectivity index (χ3v) is 8.85. The summed E-state index contributed by atoms with van der Waals surface area (Å²) in [6.07, 6.45) is 8.61. The normalized spacial score (nSPS) is 28.5. The number of hydrogen-bond acceptors (Lipinski definition) is 8. The minimum Gasteiger partial charge on any atom is -0.443 e. The molecule has 1 amide bonds. The largest absolute Gasteiger partial charge is 0.443 e. The van der Waals surface area contributed by atoms with E-state index in [0.29, 0.717) is 42.0 Å². The van der Waals surface area contributed by atoms with Gasteiger partial charge < -0.3 is 15.4 Å². The Kier molecular flexibility index (Phi) is 4.98. The van der Waals surface area contributed by atoms with Crippen molar-refractivity contribution in [2.75, 3.05) is 5.32 Å². The van der Waals surface area contributed by atoms with Crippen molar-refractivity contribution >= 4 is 23.5 Å². The number of anilines is 2. The Morgan fingerprint density at radius 2 is 2.10 bits per heavy atom. The van der Waals surface area contributed by atoms with Gasteiger partial charge in [0.25, 0.3) is 0 Å². The molecule has 5 saturated carbocycles. The Labute approximate surface area is 227 Å². The lowest BCUT2D eigenvalue weighted by Gasteiger charge is -2.61. The van der Waals surface area contributed by atoms with E-state index in [1.165, 1.54) is 0 Å². The number of imidazole rings is 1. The summed E-state index contributed by atoms with van der Waals surface area (Å²) in [5.74, 6) is 1.13. The molecule has 5 aliphatic carbocycles. The van der Waals surface area contributed by atoms with Gasteiger partial charge in [0.1, 0.15) is 18.3 Å². The molecule has 0 spiro atoms. The van der Waals surface area contributed by atoms with Crippen LogP contribution in [0.1, 0.15) is 68.3 Å². The molecular formula is C27H27FN10O2. The molecule has 0 radical (unpaired) electrons. The minimum atomic E-state index is -1.33. The van der Waals surface area contributed by atoms with Crippen LogP contribution in [0.5, 0.6) is 0 Å². The van der Waals surface area contributed by atoms with Gasteiger partial charge in [-0.25, -0.2) is 19.2 Å². The Balaban J connectivity index is 0.999. The van der Waals surface area contributed by atoms with Crippen molar-refractivity contribution < 1.29 is 13.9 Å². The number of ether oxygens (including phenoxy) is 1. The van der Waals surface area contributed by atoms with Crippen molar-refractivity contribution in [2.24, 2.45) is 5.92 Å². The highest BCUT2D eigenvalue weighted by atomic mass is 19.1. The summed E-state index contributed by atoms with van der Waals surface area (Å²) >= 11 is 0. The van der Waals surface area contributed by atoms with E-state index in [9.17, 15) is 10.1 Å². The van der Waals surface area contributed by atoms with E-state index in [0.717, 1.165) is 49.3 Å². The maximum atomic E-state index is 15.4. The second-order valence-electron chi connectivity index (χ2n) is 11.6. The number of alkyl halides is 1. The summed E-state index contributed by atoms with van der Waals surface area (Å²) in [4.78, 5) is 21.5. The van der Waals surface area contributed by atoms with E-state index in [1.807, 2.05) is 10.7 Å². The number of aromatic amines is 1. The van der Waals surface area contributed by atoms with Crippen molar-refractivity contribution in [3.8, 4) is 17.3 Å². The van der Waals surface area contributed by atoms with Crippen LogP contribution in [0.4, 0.5) is 21.0 Å². The third-order valence-electron chi connectivity index (χ3n) is 8.85.